The van der Waals surface area contributed by atoms with Gasteiger partial charge in [0.2, 0.25) is 0 Å². The molecule has 1 aliphatic heterocycles. The van der Waals surface area contributed by atoms with Crippen molar-refractivity contribution in [3.8, 4) is 11.5 Å². The summed E-state index contributed by atoms with van der Waals surface area (Å²) < 4.78 is 16.6. The molecule has 144 valence electrons. The van der Waals surface area contributed by atoms with Crippen LogP contribution in [0.25, 0.3) is 0 Å². The molecular formula is C21H27N3O3. The van der Waals surface area contributed by atoms with Crippen LogP contribution >= 0.6 is 0 Å². The number of fused-ring (bicyclic) bond motifs is 1. The third-order valence-corrected chi connectivity index (χ3v) is 4.47. The maximum atomic E-state index is 6.15. The van der Waals surface area contributed by atoms with Crippen molar-refractivity contribution < 1.29 is 14.2 Å². The molecule has 1 unspecified atom stereocenters. The molecule has 2 aromatic carbocycles. The highest BCUT2D eigenvalue weighted by molar-refractivity contribution is 5.78. The van der Waals surface area contributed by atoms with Crippen LogP contribution in [0.3, 0.4) is 0 Å². The Balaban J connectivity index is 1.66. The van der Waals surface area contributed by atoms with Gasteiger partial charge in [-0.2, -0.15) is 0 Å². The van der Waals surface area contributed by atoms with Gasteiger partial charge < -0.3 is 25.3 Å². The van der Waals surface area contributed by atoms with Gasteiger partial charge in [-0.05, 0) is 24.6 Å². The Bertz CT molecular complexity index is 792. The summed E-state index contributed by atoms with van der Waals surface area (Å²) in [6.45, 7) is 4.20. The van der Waals surface area contributed by atoms with Crippen LogP contribution in [0.5, 0.6) is 11.5 Å². The van der Waals surface area contributed by atoms with Crippen LogP contribution in [0.15, 0.2) is 47.5 Å². The van der Waals surface area contributed by atoms with Crippen LogP contribution in [-0.4, -0.2) is 32.9 Å². The number of aliphatic imine (C=N–C) groups is 1. The van der Waals surface area contributed by atoms with E-state index in [0.717, 1.165) is 34.6 Å². The fraction of sp³-hybridized carbons (Fsp3) is 0.381. The molecule has 0 aliphatic carbocycles. The highest BCUT2D eigenvalue weighted by atomic mass is 16.5. The summed E-state index contributed by atoms with van der Waals surface area (Å²) in [5, 5.41) is 3.32. The van der Waals surface area contributed by atoms with Crippen LogP contribution in [0, 0.1) is 6.92 Å². The topological polar surface area (TPSA) is 78.1 Å². The van der Waals surface area contributed by atoms with Crippen LogP contribution in [-0.2, 0) is 11.3 Å². The van der Waals surface area contributed by atoms with E-state index in [9.17, 15) is 0 Å². The Hall–Kier alpha value is -2.73. The number of ether oxygens (including phenoxy) is 3. The van der Waals surface area contributed by atoms with Gasteiger partial charge in [0.15, 0.2) is 5.96 Å². The third kappa shape index (κ3) is 5.14. The average molecular weight is 369 g/mol. The van der Waals surface area contributed by atoms with Gasteiger partial charge in [-0.15, -0.1) is 0 Å². The minimum Gasteiger partial charge on any atom is -0.493 e. The molecule has 0 aromatic heterocycles. The summed E-state index contributed by atoms with van der Waals surface area (Å²) in [6.07, 6.45) is 0.850. The molecule has 1 heterocycles. The second-order valence-corrected chi connectivity index (χ2v) is 6.53. The molecule has 0 saturated carbocycles. The van der Waals surface area contributed by atoms with Crippen molar-refractivity contribution >= 4 is 5.96 Å². The summed E-state index contributed by atoms with van der Waals surface area (Å²) in [4.78, 5) is 4.51. The second-order valence-electron chi connectivity index (χ2n) is 6.53. The van der Waals surface area contributed by atoms with E-state index < -0.39 is 0 Å². The van der Waals surface area contributed by atoms with Gasteiger partial charge in [-0.25, -0.2) is 4.99 Å². The number of rotatable bonds is 7. The van der Waals surface area contributed by atoms with Gasteiger partial charge in [0.1, 0.15) is 18.1 Å². The summed E-state index contributed by atoms with van der Waals surface area (Å²) >= 11 is 0. The zero-order valence-electron chi connectivity index (χ0n) is 15.9. The molecule has 1 aliphatic rings. The number of aryl methyl sites for hydroxylation is 1. The molecule has 0 amide bonds. The molecule has 6 nitrogen and oxygen atoms in total. The molecule has 3 rings (SSSR count). The predicted octanol–water partition coefficient (Wildman–Crippen LogP) is 2.95. The Labute approximate surface area is 160 Å². The normalized spacial score (nSPS) is 16.4. The number of nitrogens with zero attached hydrogens (tertiary/aromatic N) is 1. The first-order chi connectivity index (χ1) is 13.2. The quantitative estimate of drug-likeness (QED) is 0.446. The first-order valence-corrected chi connectivity index (χ1v) is 9.17. The second kappa shape index (κ2) is 9.28. The number of hydrogen-bond donors (Lipinski definition) is 2. The molecule has 6 heteroatoms. The molecule has 2 aromatic rings. The van der Waals surface area contributed by atoms with Crippen molar-refractivity contribution in [2.45, 2.75) is 25.9 Å². The van der Waals surface area contributed by atoms with Crippen molar-refractivity contribution in [3.05, 3.63) is 59.2 Å². The van der Waals surface area contributed by atoms with Gasteiger partial charge >= 0.3 is 0 Å². The fourth-order valence-electron chi connectivity index (χ4n) is 3.05. The van der Waals surface area contributed by atoms with E-state index >= 15 is 0 Å². The molecular weight excluding hydrogens is 342 g/mol. The zero-order chi connectivity index (χ0) is 19.1. The molecule has 0 radical (unpaired) electrons. The minimum absolute atomic E-state index is 0.106. The Morgan fingerprint density at radius 3 is 2.96 bits per heavy atom. The van der Waals surface area contributed by atoms with E-state index in [2.05, 4.69) is 16.4 Å². The lowest BCUT2D eigenvalue weighted by Crippen LogP contribution is -2.37. The molecule has 3 N–H and O–H groups in total. The monoisotopic (exact) mass is 369 g/mol. The van der Waals surface area contributed by atoms with Crippen LogP contribution < -0.4 is 20.5 Å². The smallest absolute Gasteiger partial charge is 0.189 e. The standard InChI is InChI=1S/C21H27N3O3/c1-15-7-8-16(20(13-15)27-12-11-25-2)14-23-21(22)24-18-9-10-26-19-6-4-3-5-17(18)19/h3-8,13,18H,9-12,14H2,1-2H3,(H3,22,23,24). The van der Waals surface area contributed by atoms with E-state index in [1.807, 2.05) is 43.3 Å². The Morgan fingerprint density at radius 2 is 2.11 bits per heavy atom. The minimum atomic E-state index is 0.106. The van der Waals surface area contributed by atoms with Gasteiger partial charge in [-0.3, -0.25) is 0 Å². The van der Waals surface area contributed by atoms with Gasteiger partial charge in [0.05, 0.1) is 25.8 Å². The average Bonchev–Trinajstić information content (AvgIpc) is 2.68. The molecule has 0 bridgehead atoms. The van der Waals surface area contributed by atoms with E-state index in [0.29, 0.717) is 32.3 Å². The van der Waals surface area contributed by atoms with Crippen molar-refractivity contribution in [1.82, 2.24) is 5.32 Å². The predicted molar refractivity (Wildman–Crippen MR) is 106 cm³/mol. The number of benzene rings is 2. The maximum Gasteiger partial charge on any atom is 0.189 e. The largest absolute Gasteiger partial charge is 0.493 e. The van der Waals surface area contributed by atoms with E-state index in [-0.39, 0.29) is 6.04 Å². The fourth-order valence-corrected chi connectivity index (χ4v) is 3.05. The van der Waals surface area contributed by atoms with Crippen molar-refractivity contribution in [2.24, 2.45) is 10.7 Å². The van der Waals surface area contributed by atoms with Gasteiger partial charge in [0.25, 0.3) is 0 Å². The molecule has 27 heavy (non-hydrogen) atoms. The lowest BCUT2D eigenvalue weighted by molar-refractivity contribution is 0.146. The molecule has 1 atom stereocenters. The van der Waals surface area contributed by atoms with Crippen LogP contribution in [0.4, 0.5) is 0 Å². The highest BCUT2D eigenvalue weighted by Gasteiger charge is 2.21. The lowest BCUT2D eigenvalue weighted by atomic mass is 10.0. The van der Waals surface area contributed by atoms with Crippen LogP contribution in [0.1, 0.15) is 29.2 Å². The van der Waals surface area contributed by atoms with Crippen LogP contribution in [0.2, 0.25) is 0 Å². The number of nitrogens with one attached hydrogen (secondary N) is 1. The zero-order valence-corrected chi connectivity index (χ0v) is 15.9. The highest BCUT2D eigenvalue weighted by Crippen LogP contribution is 2.31. The number of methoxy groups -OCH3 is 1. The molecule has 0 saturated heterocycles. The molecule has 0 spiro atoms. The first kappa shape index (κ1) is 19.0. The number of hydrogen-bond acceptors (Lipinski definition) is 4. The Kier molecular flexibility index (Phi) is 6.54. The summed E-state index contributed by atoms with van der Waals surface area (Å²) in [5.74, 6) is 2.14. The maximum absolute atomic E-state index is 6.15. The third-order valence-electron chi connectivity index (χ3n) is 4.47. The summed E-state index contributed by atoms with van der Waals surface area (Å²) in [6, 6.07) is 14.2. The van der Waals surface area contributed by atoms with Crippen molar-refractivity contribution in [2.75, 3.05) is 26.9 Å². The lowest BCUT2D eigenvalue weighted by Gasteiger charge is -2.27. The number of para-hydroxylation sites is 1. The van der Waals surface area contributed by atoms with E-state index in [1.165, 1.54) is 0 Å². The first-order valence-electron chi connectivity index (χ1n) is 9.17. The van der Waals surface area contributed by atoms with E-state index in [1.54, 1.807) is 7.11 Å². The number of nitrogens with two attached hydrogens (primary N) is 1. The van der Waals surface area contributed by atoms with Crippen molar-refractivity contribution in [1.29, 1.82) is 0 Å². The van der Waals surface area contributed by atoms with Gasteiger partial charge in [0, 0.05) is 24.7 Å². The Morgan fingerprint density at radius 1 is 1.26 bits per heavy atom. The molecule has 0 fully saturated rings. The summed E-state index contributed by atoms with van der Waals surface area (Å²) in [5.41, 5.74) is 9.39. The van der Waals surface area contributed by atoms with Crippen molar-refractivity contribution in [3.63, 3.8) is 0 Å². The number of guanidine groups is 1. The SMILES string of the molecule is COCCOc1cc(C)ccc1CN=C(N)NC1CCOc2ccccc21. The summed E-state index contributed by atoms with van der Waals surface area (Å²) in [7, 11) is 1.66. The van der Waals surface area contributed by atoms with Gasteiger partial charge in [-0.1, -0.05) is 30.3 Å². The van der Waals surface area contributed by atoms with E-state index in [4.69, 9.17) is 19.9 Å².